The van der Waals surface area contributed by atoms with Gasteiger partial charge >= 0.3 is 0 Å². The summed E-state index contributed by atoms with van der Waals surface area (Å²) in [5, 5.41) is 4.79. The zero-order chi connectivity index (χ0) is 18.2. The Hall–Kier alpha value is -3.20. The molecule has 0 radical (unpaired) electrons. The standard InChI is InChI=1S/C16H13N3O5S/c1-25(23,24)19-10-4-2-9(3-5-10)14(20)17-11-6-7-12-13(8-11)16(22)18-15(12)21/h2-8,19H,1H3,(H,17,20)(H,18,21,22). The lowest BCUT2D eigenvalue weighted by atomic mass is 10.1. The zero-order valence-electron chi connectivity index (χ0n) is 13.0. The van der Waals surface area contributed by atoms with Crippen LogP contribution in [0.2, 0.25) is 0 Å². The van der Waals surface area contributed by atoms with Crippen molar-refractivity contribution in [3.63, 3.8) is 0 Å². The summed E-state index contributed by atoms with van der Waals surface area (Å²) < 4.78 is 24.6. The molecule has 0 saturated carbocycles. The summed E-state index contributed by atoms with van der Waals surface area (Å²) in [5.41, 5.74) is 1.48. The highest BCUT2D eigenvalue weighted by atomic mass is 32.2. The molecule has 0 saturated heterocycles. The topological polar surface area (TPSA) is 121 Å². The maximum atomic E-state index is 12.2. The predicted molar refractivity (Wildman–Crippen MR) is 91.1 cm³/mol. The molecule has 0 spiro atoms. The Morgan fingerprint density at radius 3 is 2.16 bits per heavy atom. The molecule has 0 aromatic heterocycles. The van der Waals surface area contributed by atoms with Gasteiger partial charge < -0.3 is 5.32 Å². The minimum Gasteiger partial charge on any atom is -0.322 e. The van der Waals surface area contributed by atoms with Gasteiger partial charge in [-0.1, -0.05) is 0 Å². The highest BCUT2D eigenvalue weighted by molar-refractivity contribution is 7.92. The number of anilines is 2. The molecule has 0 bridgehead atoms. The molecule has 1 heterocycles. The minimum atomic E-state index is -3.39. The molecule has 9 heteroatoms. The van der Waals surface area contributed by atoms with Crippen LogP contribution in [0.5, 0.6) is 0 Å². The van der Waals surface area contributed by atoms with Crippen molar-refractivity contribution < 1.29 is 22.8 Å². The fourth-order valence-electron chi connectivity index (χ4n) is 2.35. The number of imide groups is 1. The van der Waals surface area contributed by atoms with Gasteiger partial charge in [-0.25, -0.2) is 8.42 Å². The molecule has 128 valence electrons. The number of benzene rings is 2. The Kier molecular flexibility index (Phi) is 4.01. The highest BCUT2D eigenvalue weighted by Crippen LogP contribution is 2.21. The molecule has 8 nitrogen and oxygen atoms in total. The normalized spacial score (nSPS) is 13.2. The molecule has 0 aliphatic carbocycles. The first-order valence-corrected chi connectivity index (χ1v) is 9.01. The fraction of sp³-hybridized carbons (Fsp3) is 0.0625. The summed E-state index contributed by atoms with van der Waals surface area (Å²) in [5.74, 6) is -1.41. The fourth-order valence-corrected chi connectivity index (χ4v) is 2.92. The van der Waals surface area contributed by atoms with Crippen LogP contribution in [0, 0.1) is 0 Å². The number of carbonyl (C=O) groups is 3. The van der Waals surface area contributed by atoms with E-state index in [0.29, 0.717) is 16.9 Å². The summed E-state index contributed by atoms with van der Waals surface area (Å²) >= 11 is 0. The van der Waals surface area contributed by atoms with Crippen molar-refractivity contribution in [2.24, 2.45) is 0 Å². The SMILES string of the molecule is CS(=O)(=O)Nc1ccc(C(=O)Nc2ccc3c(c2)C(=O)NC3=O)cc1. The largest absolute Gasteiger partial charge is 0.322 e. The van der Waals surface area contributed by atoms with Gasteiger partial charge in [-0.05, 0) is 42.5 Å². The number of hydrogen-bond donors (Lipinski definition) is 3. The molecular formula is C16H13N3O5S. The van der Waals surface area contributed by atoms with E-state index < -0.39 is 27.7 Å². The van der Waals surface area contributed by atoms with Gasteiger partial charge in [0.15, 0.2) is 0 Å². The maximum Gasteiger partial charge on any atom is 0.259 e. The maximum absolute atomic E-state index is 12.2. The first kappa shape index (κ1) is 16.7. The minimum absolute atomic E-state index is 0.204. The second-order valence-electron chi connectivity index (χ2n) is 5.45. The Labute approximate surface area is 143 Å². The molecule has 0 fully saturated rings. The van der Waals surface area contributed by atoms with E-state index in [4.69, 9.17) is 0 Å². The third-order valence-corrected chi connectivity index (χ3v) is 4.05. The van der Waals surface area contributed by atoms with Gasteiger partial charge in [0.05, 0.1) is 17.4 Å². The van der Waals surface area contributed by atoms with Crippen molar-refractivity contribution in [1.82, 2.24) is 5.32 Å². The summed E-state index contributed by atoms with van der Waals surface area (Å²) in [4.78, 5) is 35.4. The van der Waals surface area contributed by atoms with Crippen LogP contribution in [0.1, 0.15) is 31.1 Å². The predicted octanol–water partition coefficient (Wildman–Crippen LogP) is 1.19. The van der Waals surface area contributed by atoms with Crippen LogP contribution in [0.25, 0.3) is 0 Å². The van der Waals surface area contributed by atoms with E-state index in [9.17, 15) is 22.8 Å². The third kappa shape index (κ3) is 3.66. The van der Waals surface area contributed by atoms with Crippen LogP contribution >= 0.6 is 0 Å². The molecule has 3 rings (SSSR count). The lowest BCUT2D eigenvalue weighted by molar-refractivity contribution is 0.0878. The van der Waals surface area contributed by atoms with Gasteiger partial charge in [-0.15, -0.1) is 0 Å². The van der Waals surface area contributed by atoms with Crippen LogP contribution < -0.4 is 15.4 Å². The van der Waals surface area contributed by atoms with Crippen LogP contribution in [0.15, 0.2) is 42.5 Å². The van der Waals surface area contributed by atoms with Gasteiger partial charge in [-0.2, -0.15) is 0 Å². The number of nitrogens with one attached hydrogen (secondary N) is 3. The van der Waals surface area contributed by atoms with Crippen LogP contribution in [-0.4, -0.2) is 32.4 Å². The number of hydrogen-bond acceptors (Lipinski definition) is 5. The molecule has 25 heavy (non-hydrogen) atoms. The van der Waals surface area contributed by atoms with Crippen molar-refractivity contribution in [1.29, 1.82) is 0 Å². The number of amides is 3. The monoisotopic (exact) mass is 359 g/mol. The van der Waals surface area contributed by atoms with Gasteiger partial charge in [0.2, 0.25) is 10.0 Å². The lowest BCUT2D eigenvalue weighted by Crippen LogP contribution is -2.19. The second-order valence-corrected chi connectivity index (χ2v) is 7.20. The first-order valence-electron chi connectivity index (χ1n) is 7.12. The molecule has 2 aromatic rings. The van der Waals surface area contributed by atoms with Gasteiger partial charge in [0.25, 0.3) is 17.7 Å². The van der Waals surface area contributed by atoms with Gasteiger partial charge in [0.1, 0.15) is 0 Å². The lowest BCUT2D eigenvalue weighted by Gasteiger charge is -2.08. The molecule has 1 aliphatic rings. The van der Waals surface area contributed by atoms with Crippen molar-refractivity contribution >= 4 is 39.1 Å². The van der Waals surface area contributed by atoms with Crippen molar-refractivity contribution in [2.75, 3.05) is 16.3 Å². The number of rotatable bonds is 4. The Morgan fingerprint density at radius 1 is 0.920 bits per heavy atom. The van der Waals surface area contributed by atoms with Crippen LogP contribution in [-0.2, 0) is 10.0 Å². The van der Waals surface area contributed by atoms with Gasteiger partial charge in [-0.3, -0.25) is 24.4 Å². The average molecular weight is 359 g/mol. The first-order chi connectivity index (χ1) is 11.7. The highest BCUT2D eigenvalue weighted by Gasteiger charge is 2.26. The van der Waals surface area contributed by atoms with E-state index >= 15 is 0 Å². The van der Waals surface area contributed by atoms with Gasteiger partial charge in [0, 0.05) is 16.9 Å². The van der Waals surface area contributed by atoms with E-state index in [1.165, 1.54) is 42.5 Å². The number of carbonyl (C=O) groups excluding carboxylic acids is 3. The van der Waals surface area contributed by atoms with E-state index in [2.05, 4.69) is 15.4 Å². The van der Waals surface area contributed by atoms with E-state index in [1.54, 1.807) is 0 Å². The van der Waals surface area contributed by atoms with Crippen molar-refractivity contribution in [3.05, 3.63) is 59.2 Å². The summed E-state index contributed by atoms with van der Waals surface area (Å²) in [7, 11) is -3.39. The average Bonchev–Trinajstić information content (AvgIpc) is 2.81. The van der Waals surface area contributed by atoms with E-state index in [0.717, 1.165) is 6.26 Å². The zero-order valence-corrected chi connectivity index (χ0v) is 13.8. The molecular weight excluding hydrogens is 346 g/mol. The third-order valence-electron chi connectivity index (χ3n) is 3.44. The summed E-state index contributed by atoms with van der Waals surface area (Å²) in [6, 6.07) is 10.3. The van der Waals surface area contributed by atoms with E-state index in [-0.39, 0.29) is 11.1 Å². The Bertz CT molecular complexity index is 997. The van der Waals surface area contributed by atoms with Crippen LogP contribution in [0.4, 0.5) is 11.4 Å². The molecule has 0 unspecified atom stereocenters. The molecule has 1 aliphatic heterocycles. The Balaban J connectivity index is 1.76. The molecule has 0 atom stereocenters. The molecule has 3 N–H and O–H groups in total. The van der Waals surface area contributed by atoms with E-state index in [1.807, 2.05) is 0 Å². The number of sulfonamides is 1. The van der Waals surface area contributed by atoms with Crippen molar-refractivity contribution in [3.8, 4) is 0 Å². The molecule has 2 aromatic carbocycles. The smallest absolute Gasteiger partial charge is 0.259 e. The summed E-state index contributed by atoms with van der Waals surface area (Å²) in [6.07, 6.45) is 1.03. The quantitative estimate of drug-likeness (QED) is 0.708. The van der Waals surface area contributed by atoms with Crippen molar-refractivity contribution in [2.45, 2.75) is 0 Å². The summed E-state index contributed by atoms with van der Waals surface area (Å²) in [6.45, 7) is 0. The van der Waals surface area contributed by atoms with Crippen LogP contribution in [0.3, 0.4) is 0 Å². The second kappa shape index (κ2) is 6.02. The Morgan fingerprint density at radius 2 is 1.52 bits per heavy atom. The molecule has 3 amide bonds. The number of fused-ring (bicyclic) bond motifs is 1.